The van der Waals surface area contributed by atoms with Crippen LogP contribution in [0.1, 0.15) is 34.7 Å². The summed E-state index contributed by atoms with van der Waals surface area (Å²) in [6.07, 6.45) is -1.41. The number of aromatic nitrogens is 3. The number of anilines is 1. The van der Waals surface area contributed by atoms with Gasteiger partial charge in [0.2, 0.25) is 0 Å². The van der Waals surface area contributed by atoms with E-state index < -0.39 is 17.6 Å². The van der Waals surface area contributed by atoms with E-state index >= 15 is 0 Å². The van der Waals surface area contributed by atoms with Gasteiger partial charge in [-0.2, -0.15) is 18.3 Å². The molecular weight excluding hydrogens is 385 g/mol. The third-order valence-corrected chi connectivity index (χ3v) is 5.01. The van der Waals surface area contributed by atoms with E-state index in [-0.39, 0.29) is 24.0 Å². The molecule has 3 aromatic rings. The van der Waals surface area contributed by atoms with Gasteiger partial charge in [0.1, 0.15) is 11.4 Å². The molecule has 1 aromatic carbocycles. The Morgan fingerprint density at radius 2 is 1.83 bits per heavy atom. The topological polar surface area (TPSA) is 71.2 Å². The van der Waals surface area contributed by atoms with Gasteiger partial charge in [0.15, 0.2) is 0 Å². The van der Waals surface area contributed by atoms with Crippen molar-refractivity contribution < 1.29 is 23.1 Å². The average Bonchev–Trinajstić information content (AvgIpc) is 3.12. The Bertz CT molecular complexity index is 1090. The van der Waals surface area contributed by atoms with Crippen LogP contribution in [0.15, 0.2) is 42.7 Å². The quantitative estimate of drug-likeness (QED) is 0.698. The maximum absolute atomic E-state index is 13.2. The summed E-state index contributed by atoms with van der Waals surface area (Å²) in [6, 6.07) is 5.87. The number of hydrogen-bond acceptors (Lipinski definition) is 4. The summed E-state index contributed by atoms with van der Waals surface area (Å²) >= 11 is 0. The molecular formula is C20H17F3N4O2. The second-order valence-electron chi connectivity index (χ2n) is 6.95. The number of amides is 1. The van der Waals surface area contributed by atoms with Gasteiger partial charge in [-0.25, -0.2) is 0 Å². The lowest BCUT2D eigenvalue weighted by molar-refractivity contribution is -0.137. The molecule has 0 radical (unpaired) electrons. The van der Waals surface area contributed by atoms with E-state index in [4.69, 9.17) is 0 Å². The third kappa shape index (κ3) is 3.12. The number of nitrogens with zero attached hydrogens (tertiary/aromatic N) is 4. The summed E-state index contributed by atoms with van der Waals surface area (Å²) in [5.74, 6) is -0.445. The Balaban J connectivity index is 1.77. The van der Waals surface area contributed by atoms with Crippen LogP contribution in [-0.2, 0) is 6.18 Å². The third-order valence-electron chi connectivity index (χ3n) is 5.01. The second kappa shape index (κ2) is 6.61. The molecule has 0 saturated carbocycles. The Kier molecular flexibility index (Phi) is 4.33. The van der Waals surface area contributed by atoms with E-state index in [1.807, 2.05) is 6.92 Å². The lowest BCUT2D eigenvalue weighted by Crippen LogP contribution is -2.42. The van der Waals surface area contributed by atoms with Crippen molar-refractivity contribution in [1.29, 1.82) is 0 Å². The van der Waals surface area contributed by atoms with Crippen molar-refractivity contribution in [2.45, 2.75) is 26.1 Å². The fraction of sp³-hybridized carbons (Fsp3) is 0.250. The zero-order valence-corrected chi connectivity index (χ0v) is 15.6. The molecule has 0 fully saturated rings. The minimum atomic E-state index is -4.44. The number of hydrogen-bond donors (Lipinski definition) is 1. The van der Waals surface area contributed by atoms with Crippen LogP contribution in [0.4, 0.5) is 18.9 Å². The van der Waals surface area contributed by atoms with Crippen molar-refractivity contribution in [3.8, 4) is 16.9 Å². The first-order valence-corrected chi connectivity index (χ1v) is 8.90. The van der Waals surface area contributed by atoms with Gasteiger partial charge in [-0.1, -0.05) is 0 Å². The van der Waals surface area contributed by atoms with Crippen LogP contribution in [-0.4, -0.2) is 32.3 Å². The molecule has 0 bridgehead atoms. The van der Waals surface area contributed by atoms with E-state index in [0.29, 0.717) is 22.5 Å². The molecule has 0 unspecified atom stereocenters. The van der Waals surface area contributed by atoms with Crippen molar-refractivity contribution in [3.05, 3.63) is 59.7 Å². The number of rotatable bonds is 2. The van der Waals surface area contributed by atoms with Gasteiger partial charge in [-0.15, -0.1) is 0 Å². The number of fused-ring (bicyclic) bond motifs is 1. The summed E-state index contributed by atoms with van der Waals surface area (Å²) in [6.45, 7) is 3.77. The average molecular weight is 402 g/mol. The first-order valence-electron chi connectivity index (χ1n) is 8.90. The minimum Gasteiger partial charge on any atom is -0.505 e. The van der Waals surface area contributed by atoms with Gasteiger partial charge >= 0.3 is 6.18 Å². The number of aryl methyl sites for hydroxylation is 1. The number of pyridine rings is 1. The summed E-state index contributed by atoms with van der Waals surface area (Å²) < 4.78 is 40.1. The Hall–Kier alpha value is -3.36. The number of aromatic hydroxyl groups is 1. The highest BCUT2D eigenvalue weighted by atomic mass is 19.4. The lowest BCUT2D eigenvalue weighted by Gasteiger charge is -2.32. The highest BCUT2D eigenvalue weighted by Gasteiger charge is 2.35. The molecule has 4 rings (SSSR count). The van der Waals surface area contributed by atoms with Crippen LogP contribution in [0.3, 0.4) is 0 Å². The highest BCUT2D eigenvalue weighted by molar-refractivity contribution is 6.10. The number of carbonyl (C=O) groups is 1. The van der Waals surface area contributed by atoms with Crippen molar-refractivity contribution in [1.82, 2.24) is 14.8 Å². The zero-order valence-electron chi connectivity index (χ0n) is 15.6. The first-order chi connectivity index (χ1) is 13.7. The molecule has 0 aliphatic carbocycles. The number of carbonyl (C=O) groups excluding carboxylic acids is 1. The SMILES string of the molecule is Cc1nccc(-c2cnn3c2C(=O)N(c2ccc(C(F)(F)F)cc2)C[C@@H]3C)c1O. The smallest absolute Gasteiger partial charge is 0.416 e. The number of benzene rings is 1. The molecule has 1 amide bonds. The summed E-state index contributed by atoms with van der Waals surface area (Å²) in [4.78, 5) is 18.7. The van der Waals surface area contributed by atoms with Crippen molar-refractivity contribution >= 4 is 11.6 Å². The molecule has 150 valence electrons. The molecule has 1 aliphatic heterocycles. The van der Waals surface area contributed by atoms with Crippen LogP contribution in [0.5, 0.6) is 5.75 Å². The van der Waals surface area contributed by atoms with E-state index in [1.165, 1.54) is 29.4 Å². The molecule has 1 aliphatic rings. The molecule has 1 N–H and O–H groups in total. The largest absolute Gasteiger partial charge is 0.505 e. The lowest BCUT2D eigenvalue weighted by atomic mass is 10.0. The van der Waals surface area contributed by atoms with E-state index in [9.17, 15) is 23.1 Å². The fourth-order valence-electron chi connectivity index (χ4n) is 3.49. The molecule has 2 aromatic heterocycles. The molecule has 9 heteroatoms. The fourth-order valence-corrected chi connectivity index (χ4v) is 3.49. The van der Waals surface area contributed by atoms with Gasteiger partial charge < -0.3 is 10.0 Å². The van der Waals surface area contributed by atoms with Crippen molar-refractivity contribution in [2.75, 3.05) is 11.4 Å². The van der Waals surface area contributed by atoms with Crippen LogP contribution in [0.25, 0.3) is 11.1 Å². The number of alkyl halides is 3. The predicted molar refractivity (Wildman–Crippen MR) is 99.7 cm³/mol. The summed E-state index contributed by atoms with van der Waals surface area (Å²) in [7, 11) is 0. The van der Waals surface area contributed by atoms with E-state index in [2.05, 4.69) is 10.1 Å². The van der Waals surface area contributed by atoms with Gasteiger partial charge in [-0.3, -0.25) is 14.5 Å². The van der Waals surface area contributed by atoms with Gasteiger partial charge in [0, 0.05) is 29.6 Å². The van der Waals surface area contributed by atoms with Crippen LogP contribution in [0.2, 0.25) is 0 Å². The molecule has 0 spiro atoms. The first kappa shape index (κ1) is 19.0. The Labute approximate surface area is 164 Å². The standard InChI is InChI=1S/C20H17F3N4O2/c1-11-10-26(14-5-3-13(4-6-14)20(21,22)23)19(29)17-16(9-25-27(11)17)15-7-8-24-12(2)18(15)28/h3-9,11,28H,10H2,1-2H3/t11-/m0/s1. The molecule has 6 nitrogen and oxygen atoms in total. The maximum atomic E-state index is 13.2. The van der Waals surface area contributed by atoms with E-state index in [1.54, 1.807) is 17.7 Å². The predicted octanol–water partition coefficient (Wildman–Crippen LogP) is 4.20. The van der Waals surface area contributed by atoms with Gasteiger partial charge in [0.05, 0.1) is 23.5 Å². The molecule has 29 heavy (non-hydrogen) atoms. The second-order valence-corrected chi connectivity index (χ2v) is 6.95. The normalized spacial score (nSPS) is 16.8. The Morgan fingerprint density at radius 1 is 1.14 bits per heavy atom. The maximum Gasteiger partial charge on any atom is 0.416 e. The zero-order chi connectivity index (χ0) is 20.9. The van der Waals surface area contributed by atoms with Crippen LogP contribution >= 0.6 is 0 Å². The van der Waals surface area contributed by atoms with Crippen LogP contribution < -0.4 is 4.90 Å². The highest BCUT2D eigenvalue weighted by Crippen LogP contribution is 2.37. The van der Waals surface area contributed by atoms with E-state index in [0.717, 1.165) is 12.1 Å². The van der Waals surface area contributed by atoms with Crippen molar-refractivity contribution in [2.24, 2.45) is 0 Å². The van der Waals surface area contributed by atoms with Gasteiger partial charge in [-0.05, 0) is 44.2 Å². The van der Waals surface area contributed by atoms with Crippen LogP contribution in [0, 0.1) is 6.92 Å². The molecule has 1 atom stereocenters. The molecule has 3 heterocycles. The minimum absolute atomic E-state index is 0.0459. The van der Waals surface area contributed by atoms with Gasteiger partial charge in [0.25, 0.3) is 5.91 Å². The Morgan fingerprint density at radius 3 is 2.48 bits per heavy atom. The number of halogens is 3. The van der Waals surface area contributed by atoms with Crippen molar-refractivity contribution in [3.63, 3.8) is 0 Å². The molecule has 0 saturated heterocycles. The monoisotopic (exact) mass is 402 g/mol. The summed E-state index contributed by atoms with van der Waals surface area (Å²) in [5.41, 5.74) is 1.14. The summed E-state index contributed by atoms with van der Waals surface area (Å²) in [5, 5.41) is 14.7.